The zero-order valence-corrected chi connectivity index (χ0v) is 18.0. The number of aromatic hydroxyl groups is 1. The first-order valence-corrected chi connectivity index (χ1v) is 11.2. The molecule has 1 atom stereocenters. The molecule has 1 N–H and O–H groups in total. The molecule has 30 heavy (non-hydrogen) atoms. The Labute approximate surface area is 179 Å². The molecule has 0 bridgehead atoms. The maximum absolute atomic E-state index is 11.0. The van der Waals surface area contributed by atoms with Crippen LogP contribution in [-0.4, -0.2) is 63.8 Å². The molecule has 1 spiro atoms. The molecule has 2 aliphatic heterocycles. The number of thiazole rings is 1. The standard InChI is InChI=1S/C21H26N4O4S/c1-3-16-22-20-25(23-16)19(26)18(30-20)17(14-4-6-15(27-2)7-5-14)24-10-8-21(9-11-24)28-12-13-29-21/h4-7,17,26H,3,8-13H2,1-2H3. The second kappa shape index (κ2) is 7.81. The van der Waals surface area contributed by atoms with Crippen molar-refractivity contribution < 1.29 is 19.3 Å². The number of likely N-dealkylation sites (tertiary alicyclic amines) is 1. The smallest absolute Gasteiger partial charge is 0.230 e. The summed E-state index contributed by atoms with van der Waals surface area (Å²) in [5.74, 6) is 1.27. The molecular weight excluding hydrogens is 404 g/mol. The van der Waals surface area contributed by atoms with Gasteiger partial charge in [-0.1, -0.05) is 30.4 Å². The van der Waals surface area contributed by atoms with Gasteiger partial charge >= 0.3 is 0 Å². The lowest BCUT2D eigenvalue weighted by molar-refractivity contribution is -0.187. The average molecular weight is 431 g/mol. The summed E-state index contributed by atoms with van der Waals surface area (Å²) in [4.78, 5) is 8.50. The van der Waals surface area contributed by atoms with Crippen LogP contribution in [0.5, 0.6) is 11.6 Å². The first-order chi connectivity index (χ1) is 14.6. The summed E-state index contributed by atoms with van der Waals surface area (Å²) < 4.78 is 18.7. The third-order valence-corrected chi connectivity index (χ3v) is 7.05. The summed E-state index contributed by atoms with van der Waals surface area (Å²) in [5.41, 5.74) is 1.09. The predicted molar refractivity (Wildman–Crippen MR) is 112 cm³/mol. The fourth-order valence-corrected chi connectivity index (χ4v) is 5.48. The van der Waals surface area contributed by atoms with Crippen LogP contribution in [0.3, 0.4) is 0 Å². The minimum atomic E-state index is -0.440. The maximum atomic E-state index is 11.0. The molecular formula is C21H26N4O4S. The zero-order chi connectivity index (χ0) is 20.7. The molecule has 0 saturated carbocycles. The van der Waals surface area contributed by atoms with Crippen LogP contribution in [0.2, 0.25) is 0 Å². The minimum absolute atomic E-state index is 0.103. The van der Waals surface area contributed by atoms with Crippen molar-refractivity contribution in [2.75, 3.05) is 33.4 Å². The Balaban J connectivity index is 1.51. The van der Waals surface area contributed by atoms with Gasteiger partial charge in [0.2, 0.25) is 10.8 Å². The molecule has 3 aromatic rings. The molecule has 160 valence electrons. The van der Waals surface area contributed by atoms with Gasteiger partial charge in [0, 0.05) is 32.4 Å². The van der Waals surface area contributed by atoms with Gasteiger partial charge in [-0.05, 0) is 17.7 Å². The molecule has 1 aromatic carbocycles. The molecule has 2 aromatic heterocycles. The lowest BCUT2D eigenvalue weighted by Gasteiger charge is -2.41. The van der Waals surface area contributed by atoms with Crippen LogP contribution in [0.4, 0.5) is 0 Å². The van der Waals surface area contributed by atoms with Gasteiger partial charge in [-0.25, -0.2) is 4.98 Å². The number of aromatic nitrogens is 3. The summed E-state index contributed by atoms with van der Waals surface area (Å²) in [6.07, 6.45) is 2.35. The van der Waals surface area contributed by atoms with Crippen molar-refractivity contribution in [2.24, 2.45) is 0 Å². The van der Waals surface area contributed by atoms with E-state index < -0.39 is 5.79 Å². The topological polar surface area (TPSA) is 81.4 Å². The summed E-state index contributed by atoms with van der Waals surface area (Å²) >= 11 is 1.49. The van der Waals surface area contributed by atoms with E-state index in [1.165, 1.54) is 11.3 Å². The predicted octanol–water partition coefficient (Wildman–Crippen LogP) is 3.00. The third kappa shape index (κ3) is 3.35. The summed E-state index contributed by atoms with van der Waals surface area (Å²) in [6.45, 7) is 4.95. The Hall–Kier alpha value is -2.20. The SMILES string of the molecule is CCc1nc2sc(C(c3ccc(OC)cc3)N3CCC4(CC3)OCCO4)c(O)n2n1. The number of ether oxygens (including phenoxy) is 3. The van der Waals surface area contributed by atoms with E-state index in [1.807, 2.05) is 19.1 Å². The number of benzene rings is 1. The number of piperidine rings is 1. The second-order valence-electron chi connectivity index (χ2n) is 7.69. The van der Waals surface area contributed by atoms with Crippen LogP contribution in [0.25, 0.3) is 4.96 Å². The van der Waals surface area contributed by atoms with Crippen molar-refractivity contribution >= 4 is 16.3 Å². The number of methoxy groups -OCH3 is 1. The molecule has 2 aliphatic rings. The van der Waals surface area contributed by atoms with E-state index in [0.29, 0.717) is 18.2 Å². The number of hydrogen-bond acceptors (Lipinski definition) is 8. The number of rotatable bonds is 5. The van der Waals surface area contributed by atoms with E-state index in [9.17, 15) is 5.11 Å². The van der Waals surface area contributed by atoms with Gasteiger partial charge in [0.1, 0.15) is 5.75 Å². The van der Waals surface area contributed by atoms with Gasteiger partial charge in [0.05, 0.1) is 31.2 Å². The average Bonchev–Trinajstić information content (AvgIpc) is 3.48. The van der Waals surface area contributed by atoms with Crippen molar-refractivity contribution in [3.63, 3.8) is 0 Å². The van der Waals surface area contributed by atoms with Gasteiger partial charge in [-0.15, -0.1) is 5.10 Å². The van der Waals surface area contributed by atoms with Crippen LogP contribution < -0.4 is 4.74 Å². The molecule has 0 aliphatic carbocycles. The van der Waals surface area contributed by atoms with Crippen LogP contribution >= 0.6 is 11.3 Å². The summed E-state index contributed by atoms with van der Waals surface area (Å²) in [7, 11) is 1.66. The number of aryl methyl sites for hydroxylation is 1. The van der Waals surface area contributed by atoms with Crippen LogP contribution in [0, 0.1) is 0 Å². The van der Waals surface area contributed by atoms with Crippen molar-refractivity contribution in [1.82, 2.24) is 19.5 Å². The monoisotopic (exact) mass is 430 g/mol. The lowest BCUT2D eigenvalue weighted by Crippen LogP contribution is -2.46. The molecule has 1 unspecified atom stereocenters. The summed E-state index contributed by atoms with van der Waals surface area (Å²) in [5, 5.41) is 15.5. The second-order valence-corrected chi connectivity index (χ2v) is 8.69. The Kier molecular flexibility index (Phi) is 5.14. The highest BCUT2D eigenvalue weighted by molar-refractivity contribution is 7.17. The van der Waals surface area contributed by atoms with Crippen LogP contribution in [0.1, 0.15) is 42.1 Å². The van der Waals surface area contributed by atoms with Crippen molar-refractivity contribution in [3.8, 4) is 11.6 Å². The fourth-order valence-electron chi connectivity index (χ4n) is 4.34. The van der Waals surface area contributed by atoms with Crippen LogP contribution in [-0.2, 0) is 15.9 Å². The van der Waals surface area contributed by atoms with Crippen molar-refractivity contribution in [2.45, 2.75) is 38.0 Å². The van der Waals surface area contributed by atoms with E-state index in [-0.39, 0.29) is 11.9 Å². The largest absolute Gasteiger partial charge is 0.497 e. The Bertz CT molecular complexity index is 1020. The highest BCUT2D eigenvalue weighted by Gasteiger charge is 2.42. The fraction of sp³-hybridized carbons (Fsp3) is 0.524. The molecule has 0 radical (unpaired) electrons. The first kappa shape index (κ1) is 19.7. The lowest BCUT2D eigenvalue weighted by atomic mass is 9.97. The van der Waals surface area contributed by atoms with Crippen molar-refractivity contribution in [1.29, 1.82) is 0 Å². The van der Waals surface area contributed by atoms with Crippen LogP contribution in [0.15, 0.2) is 24.3 Å². The molecule has 4 heterocycles. The number of fused-ring (bicyclic) bond motifs is 1. The first-order valence-electron chi connectivity index (χ1n) is 10.4. The van der Waals surface area contributed by atoms with E-state index >= 15 is 0 Å². The normalized spacial score (nSPS) is 20.2. The molecule has 2 fully saturated rings. The third-order valence-electron chi connectivity index (χ3n) is 5.98. The quantitative estimate of drug-likeness (QED) is 0.666. The van der Waals surface area contributed by atoms with Gasteiger partial charge in [-0.3, -0.25) is 4.90 Å². The number of hydrogen-bond donors (Lipinski definition) is 1. The Morgan fingerprint density at radius 2 is 1.90 bits per heavy atom. The van der Waals surface area contributed by atoms with E-state index in [1.54, 1.807) is 11.6 Å². The summed E-state index contributed by atoms with van der Waals surface area (Å²) in [6, 6.07) is 7.93. The van der Waals surface area contributed by atoms with Gasteiger partial charge in [0.15, 0.2) is 11.6 Å². The minimum Gasteiger partial charge on any atom is -0.497 e. The zero-order valence-electron chi connectivity index (χ0n) is 17.2. The van der Waals surface area contributed by atoms with Gasteiger partial charge in [0.25, 0.3) is 0 Å². The van der Waals surface area contributed by atoms with E-state index in [2.05, 4.69) is 27.1 Å². The molecule has 2 saturated heterocycles. The van der Waals surface area contributed by atoms with Gasteiger partial charge in [-0.2, -0.15) is 4.52 Å². The Morgan fingerprint density at radius 1 is 1.20 bits per heavy atom. The van der Waals surface area contributed by atoms with E-state index in [0.717, 1.165) is 54.4 Å². The van der Waals surface area contributed by atoms with Gasteiger partial charge < -0.3 is 19.3 Å². The molecule has 0 amide bonds. The van der Waals surface area contributed by atoms with E-state index in [4.69, 9.17) is 14.2 Å². The highest BCUT2D eigenvalue weighted by Crippen LogP contribution is 2.43. The maximum Gasteiger partial charge on any atom is 0.230 e. The molecule has 5 rings (SSSR count). The van der Waals surface area contributed by atoms with Crippen molar-refractivity contribution in [3.05, 3.63) is 40.5 Å². The highest BCUT2D eigenvalue weighted by atomic mass is 32.1. The molecule has 8 nitrogen and oxygen atoms in total. The molecule has 9 heteroatoms. The Morgan fingerprint density at radius 3 is 2.50 bits per heavy atom. The number of nitrogens with zero attached hydrogens (tertiary/aromatic N) is 4.